The Bertz CT molecular complexity index is 1440. The first-order chi connectivity index (χ1) is 18.6. The summed E-state index contributed by atoms with van der Waals surface area (Å²) in [5.74, 6) is 0.517. The van der Waals surface area contributed by atoms with Crippen LogP contribution in [-0.4, -0.2) is 69.2 Å². The van der Waals surface area contributed by atoms with Gasteiger partial charge in [-0.3, -0.25) is 4.90 Å². The molecule has 3 aliphatic rings. The number of nitrogens with zero attached hydrogens (tertiary/aromatic N) is 6. The molecule has 10 nitrogen and oxygen atoms in total. The third-order valence-electron chi connectivity index (χ3n) is 7.55. The molecule has 3 aromatic heterocycles. The van der Waals surface area contributed by atoms with Crippen molar-refractivity contribution in [2.45, 2.75) is 58.6 Å². The summed E-state index contributed by atoms with van der Waals surface area (Å²) in [7, 11) is 0. The number of anilines is 3. The maximum atomic E-state index is 14.7. The molecular formula is C28H34FN7O3. The average molecular weight is 536 g/mol. The second-order valence-electron chi connectivity index (χ2n) is 11.7. The van der Waals surface area contributed by atoms with Crippen molar-refractivity contribution in [3.8, 4) is 0 Å². The van der Waals surface area contributed by atoms with Crippen LogP contribution in [0.4, 0.5) is 31.2 Å². The number of ether oxygens (including phenoxy) is 1. The predicted octanol–water partition coefficient (Wildman–Crippen LogP) is 4.61. The van der Waals surface area contributed by atoms with E-state index in [0.717, 1.165) is 29.8 Å². The molecule has 1 N–H and O–H groups in total. The van der Waals surface area contributed by atoms with Gasteiger partial charge in [-0.2, -0.15) is 0 Å². The number of aromatic nitrogens is 3. The summed E-state index contributed by atoms with van der Waals surface area (Å²) >= 11 is 0. The molecule has 1 saturated heterocycles. The van der Waals surface area contributed by atoms with Gasteiger partial charge in [-0.25, -0.2) is 23.9 Å². The van der Waals surface area contributed by atoms with Crippen molar-refractivity contribution in [2.75, 3.05) is 41.3 Å². The Labute approximate surface area is 226 Å². The Hall–Kier alpha value is -3.89. The first-order valence-electron chi connectivity index (χ1n) is 13.5. The zero-order chi connectivity index (χ0) is 27.5. The van der Waals surface area contributed by atoms with Gasteiger partial charge in [0.05, 0.1) is 17.4 Å². The van der Waals surface area contributed by atoms with Gasteiger partial charge in [0.2, 0.25) is 0 Å². The monoisotopic (exact) mass is 535 g/mol. The van der Waals surface area contributed by atoms with Crippen LogP contribution < -0.4 is 15.1 Å². The number of fused-ring (bicyclic) bond motifs is 2. The number of amides is 3. The molecule has 39 heavy (non-hydrogen) atoms. The molecule has 2 aliphatic heterocycles. The Balaban J connectivity index is 1.20. The molecule has 1 atom stereocenters. The van der Waals surface area contributed by atoms with Crippen LogP contribution in [0.15, 0.2) is 30.7 Å². The first-order valence-corrected chi connectivity index (χ1v) is 13.5. The number of carbonyl (C=O) groups excluding carboxylic acids is 2. The molecule has 2 fully saturated rings. The second kappa shape index (κ2) is 9.39. The summed E-state index contributed by atoms with van der Waals surface area (Å²) in [4.78, 5) is 40.8. The minimum absolute atomic E-state index is 0.0834. The standard InChI is InChI=1S/C28H34FN7O3/c1-17-14-34-15-21(20(29)13-24(34)31-17)32-26(37)36-10-8-19-22(7-9-30-25(19)36)33-11-12-35(23(16-33)18-5-6-18)27(38)39-28(2,3)4/h7,9,13-15,18,23H,5-6,8,10-12,16H2,1-4H3,(H,32,37)/t23-/m0/s1. The number of hydrogen-bond acceptors (Lipinski definition) is 6. The summed E-state index contributed by atoms with van der Waals surface area (Å²) in [5, 5.41) is 2.71. The van der Waals surface area contributed by atoms with Crippen molar-refractivity contribution in [1.82, 2.24) is 19.3 Å². The second-order valence-corrected chi connectivity index (χ2v) is 11.7. The molecule has 0 aromatic carbocycles. The molecule has 0 unspecified atom stereocenters. The van der Waals surface area contributed by atoms with Gasteiger partial charge in [0.15, 0.2) is 5.82 Å². The van der Waals surface area contributed by atoms with E-state index in [-0.39, 0.29) is 17.8 Å². The van der Waals surface area contributed by atoms with E-state index >= 15 is 0 Å². The zero-order valence-electron chi connectivity index (χ0n) is 22.8. The molecule has 0 bridgehead atoms. The summed E-state index contributed by atoms with van der Waals surface area (Å²) in [6.45, 7) is 9.90. The molecule has 0 spiro atoms. The van der Waals surface area contributed by atoms with Crippen molar-refractivity contribution in [3.05, 3.63) is 47.8 Å². The topological polar surface area (TPSA) is 95.3 Å². The molecule has 5 heterocycles. The molecule has 6 rings (SSSR count). The van der Waals surface area contributed by atoms with Gasteiger partial charge in [-0.05, 0) is 58.9 Å². The van der Waals surface area contributed by atoms with Crippen LogP contribution in [0.3, 0.4) is 0 Å². The smallest absolute Gasteiger partial charge is 0.410 e. The lowest BCUT2D eigenvalue weighted by Crippen LogP contribution is -2.57. The van der Waals surface area contributed by atoms with E-state index in [0.29, 0.717) is 50.0 Å². The SMILES string of the molecule is Cc1cn2cc(NC(=O)N3CCc4c(N5CCN(C(=O)OC(C)(C)C)[C@H](C6CC6)C5)ccnc43)c(F)cc2n1. The predicted molar refractivity (Wildman–Crippen MR) is 146 cm³/mol. The summed E-state index contributed by atoms with van der Waals surface area (Å²) in [6.07, 6.45) is 7.65. The molecule has 206 valence electrons. The van der Waals surface area contributed by atoms with Gasteiger partial charge in [0.25, 0.3) is 0 Å². The highest BCUT2D eigenvalue weighted by atomic mass is 19.1. The Morgan fingerprint density at radius 2 is 1.95 bits per heavy atom. The van der Waals surface area contributed by atoms with Crippen LogP contribution in [0.1, 0.15) is 44.9 Å². The third kappa shape index (κ3) is 4.97. The molecule has 1 aliphatic carbocycles. The van der Waals surface area contributed by atoms with Gasteiger partial charge < -0.3 is 24.3 Å². The zero-order valence-corrected chi connectivity index (χ0v) is 22.8. The normalized spacial score (nSPS) is 19.4. The van der Waals surface area contributed by atoms with Crippen molar-refractivity contribution >= 4 is 35.0 Å². The van der Waals surface area contributed by atoms with E-state index < -0.39 is 17.4 Å². The van der Waals surface area contributed by atoms with E-state index in [1.54, 1.807) is 21.7 Å². The van der Waals surface area contributed by atoms with Gasteiger partial charge in [-0.15, -0.1) is 0 Å². The lowest BCUT2D eigenvalue weighted by Gasteiger charge is -2.43. The average Bonchev–Trinajstić information content (AvgIpc) is 3.53. The maximum absolute atomic E-state index is 14.7. The van der Waals surface area contributed by atoms with Gasteiger partial charge in [-0.1, -0.05) is 0 Å². The fourth-order valence-electron chi connectivity index (χ4n) is 5.64. The Kier molecular flexibility index (Phi) is 6.11. The number of carbonyl (C=O) groups is 2. The van der Waals surface area contributed by atoms with E-state index in [2.05, 4.69) is 20.2 Å². The summed E-state index contributed by atoms with van der Waals surface area (Å²) in [6, 6.07) is 2.95. The van der Waals surface area contributed by atoms with Crippen molar-refractivity contribution in [2.24, 2.45) is 5.92 Å². The molecule has 0 radical (unpaired) electrons. The number of aryl methyl sites for hydroxylation is 1. The van der Waals surface area contributed by atoms with E-state index in [1.165, 1.54) is 12.3 Å². The number of imidazole rings is 1. The minimum atomic E-state index is -0.545. The number of piperazine rings is 1. The fourth-order valence-corrected chi connectivity index (χ4v) is 5.64. The third-order valence-corrected chi connectivity index (χ3v) is 7.55. The minimum Gasteiger partial charge on any atom is -0.444 e. The highest BCUT2D eigenvalue weighted by Crippen LogP contribution is 2.40. The van der Waals surface area contributed by atoms with Gasteiger partial charge >= 0.3 is 12.1 Å². The summed E-state index contributed by atoms with van der Waals surface area (Å²) < 4.78 is 22.1. The van der Waals surface area contributed by atoms with E-state index in [4.69, 9.17) is 4.74 Å². The number of rotatable bonds is 3. The number of pyridine rings is 2. The van der Waals surface area contributed by atoms with Crippen LogP contribution in [0.25, 0.3) is 5.65 Å². The molecule has 1 saturated carbocycles. The highest BCUT2D eigenvalue weighted by Gasteiger charge is 2.43. The largest absolute Gasteiger partial charge is 0.444 e. The molecule has 3 amide bonds. The van der Waals surface area contributed by atoms with Crippen molar-refractivity contribution in [3.63, 3.8) is 0 Å². The number of urea groups is 1. The fraction of sp³-hybridized carbons (Fsp3) is 0.500. The van der Waals surface area contributed by atoms with Crippen LogP contribution >= 0.6 is 0 Å². The van der Waals surface area contributed by atoms with Crippen LogP contribution in [0, 0.1) is 18.7 Å². The highest BCUT2D eigenvalue weighted by molar-refractivity contribution is 6.03. The first kappa shape index (κ1) is 25.4. The van der Waals surface area contributed by atoms with Crippen molar-refractivity contribution < 1.29 is 18.7 Å². The molecule has 11 heteroatoms. The van der Waals surface area contributed by atoms with E-state index in [1.807, 2.05) is 38.7 Å². The maximum Gasteiger partial charge on any atom is 0.410 e. The van der Waals surface area contributed by atoms with Gasteiger partial charge in [0, 0.05) is 62.1 Å². The van der Waals surface area contributed by atoms with Crippen LogP contribution in [-0.2, 0) is 11.2 Å². The lowest BCUT2D eigenvalue weighted by atomic mass is 10.1. The van der Waals surface area contributed by atoms with Crippen LogP contribution in [0.2, 0.25) is 0 Å². The Morgan fingerprint density at radius 1 is 1.15 bits per heavy atom. The quantitative estimate of drug-likeness (QED) is 0.527. The number of nitrogens with one attached hydrogen (secondary N) is 1. The Morgan fingerprint density at radius 3 is 2.69 bits per heavy atom. The summed E-state index contributed by atoms with van der Waals surface area (Å²) in [5.41, 5.74) is 2.82. The molecule has 3 aromatic rings. The molecular weight excluding hydrogens is 501 g/mol. The number of halogens is 1. The van der Waals surface area contributed by atoms with Crippen LogP contribution in [0.5, 0.6) is 0 Å². The lowest BCUT2D eigenvalue weighted by molar-refractivity contribution is 0.0116. The van der Waals surface area contributed by atoms with Crippen molar-refractivity contribution in [1.29, 1.82) is 0 Å². The number of hydrogen-bond donors (Lipinski definition) is 1. The van der Waals surface area contributed by atoms with Gasteiger partial charge in [0.1, 0.15) is 17.1 Å². The van der Waals surface area contributed by atoms with E-state index in [9.17, 15) is 14.0 Å².